The Morgan fingerprint density at radius 2 is 1.65 bits per heavy atom. The number of carbonyl (C=O) groups excluding carboxylic acids is 2. The molecular formula is C19H22N2O2. The molecule has 0 heterocycles. The third kappa shape index (κ3) is 5.25. The molecule has 2 amide bonds. The molecule has 0 radical (unpaired) electrons. The van der Waals surface area contributed by atoms with Gasteiger partial charge in [0.05, 0.1) is 6.54 Å². The summed E-state index contributed by atoms with van der Waals surface area (Å²) in [6.45, 7) is 3.95. The van der Waals surface area contributed by atoms with E-state index in [0.717, 1.165) is 22.4 Å². The molecule has 4 heteroatoms. The van der Waals surface area contributed by atoms with Crippen LogP contribution in [0.1, 0.15) is 23.1 Å². The largest absolute Gasteiger partial charge is 0.347 e. The molecule has 2 rings (SSSR count). The zero-order chi connectivity index (χ0) is 16.7. The number of anilines is 1. The van der Waals surface area contributed by atoms with Crippen LogP contribution >= 0.6 is 0 Å². The molecular weight excluding hydrogens is 288 g/mol. The minimum atomic E-state index is -0.216. The van der Waals surface area contributed by atoms with Crippen molar-refractivity contribution in [1.29, 1.82) is 0 Å². The zero-order valence-corrected chi connectivity index (χ0v) is 13.6. The van der Waals surface area contributed by atoms with E-state index in [2.05, 4.69) is 10.6 Å². The molecule has 4 nitrogen and oxygen atoms in total. The van der Waals surface area contributed by atoms with Gasteiger partial charge < -0.3 is 10.6 Å². The van der Waals surface area contributed by atoms with E-state index in [4.69, 9.17) is 0 Å². The lowest BCUT2D eigenvalue weighted by molar-refractivity contribution is -0.124. The molecule has 0 saturated heterocycles. The number of carbonyl (C=O) groups is 2. The van der Waals surface area contributed by atoms with Crippen molar-refractivity contribution in [1.82, 2.24) is 5.32 Å². The number of hydrogen-bond acceptors (Lipinski definition) is 2. The van der Waals surface area contributed by atoms with Crippen molar-refractivity contribution < 1.29 is 9.59 Å². The SMILES string of the molecule is Cc1cccc(NC(=O)CNC(=O)CCc2ccccc2)c1C. The predicted octanol–water partition coefficient (Wildman–Crippen LogP) is 2.99. The summed E-state index contributed by atoms with van der Waals surface area (Å²) in [6.07, 6.45) is 1.05. The van der Waals surface area contributed by atoms with Crippen LogP contribution in [0.15, 0.2) is 48.5 Å². The highest BCUT2D eigenvalue weighted by molar-refractivity contribution is 5.95. The lowest BCUT2D eigenvalue weighted by Crippen LogP contribution is -2.33. The first-order valence-electron chi connectivity index (χ1n) is 7.73. The van der Waals surface area contributed by atoms with Crippen molar-refractivity contribution in [2.45, 2.75) is 26.7 Å². The first-order valence-corrected chi connectivity index (χ1v) is 7.73. The van der Waals surface area contributed by atoms with E-state index < -0.39 is 0 Å². The Morgan fingerprint density at radius 3 is 2.39 bits per heavy atom. The summed E-state index contributed by atoms with van der Waals surface area (Å²) >= 11 is 0. The molecule has 2 aromatic rings. The first kappa shape index (κ1) is 16.7. The second-order valence-electron chi connectivity index (χ2n) is 5.56. The first-order chi connectivity index (χ1) is 11.1. The number of benzene rings is 2. The molecule has 120 valence electrons. The normalized spacial score (nSPS) is 10.2. The average Bonchev–Trinajstić information content (AvgIpc) is 2.56. The quantitative estimate of drug-likeness (QED) is 0.862. The molecule has 0 aliphatic heterocycles. The molecule has 0 aliphatic carbocycles. The Balaban J connectivity index is 1.75. The van der Waals surface area contributed by atoms with Gasteiger partial charge in [0, 0.05) is 12.1 Å². The average molecular weight is 310 g/mol. The fourth-order valence-corrected chi connectivity index (χ4v) is 2.25. The second kappa shape index (κ2) is 8.13. The van der Waals surface area contributed by atoms with Crippen molar-refractivity contribution in [2.24, 2.45) is 0 Å². The van der Waals surface area contributed by atoms with Gasteiger partial charge >= 0.3 is 0 Å². The topological polar surface area (TPSA) is 58.2 Å². The van der Waals surface area contributed by atoms with Crippen LogP contribution < -0.4 is 10.6 Å². The number of hydrogen-bond donors (Lipinski definition) is 2. The summed E-state index contributed by atoms with van der Waals surface area (Å²) in [7, 11) is 0. The predicted molar refractivity (Wildman–Crippen MR) is 92.3 cm³/mol. The maximum atomic E-state index is 11.9. The van der Waals surface area contributed by atoms with E-state index in [1.807, 2.05) is 62.4 Å². The standard InChI is InChI=1S/C19H22N2O2/c1-14-7-6-10-17(15(14)2)21-19(23)13-20-18(22)12-11-16-8-4-3-5-9-16/h3-10H,11-13H2,1-2H3,(H,20,22)(H,21,23). The Bertz CT molecular complexity index is 681. The monoisotopic (exact) mass is 310 g/mol. The van der Waals surface area contributed by atoms with Gasteiger partial charge in [-0.3, -0.25) is 9.59 Å². The molecule has 2 aromatic carbocycles. The van der Waals surface area contributed by atoms with Crippen LogP contribution in [-0.4, -0.2) is 18.4 Å². The molecule has 0 bridgehead atoms. The fourth-order valence-electron chi connectivity index (χ4n) is 2.25. The second-order valence-corrected chi connectivity index (χ2v) is 5.56. The Morgan fingerprint density at radius 1 is 0.913 bits per heavy atom. The van der Waals surface area contributed by atoms with Gasteiger partial charge in [0.1, 0.15) is 0 Å². The lowest BCUT2D eigenvalue weighted by Gasteiger charge is -2.11. The van der Waals surface area contributed by atoms with E-state index >= 15 is 0 Å². The highest BCUT2D eigenvalue weighted by atomic mass is 16.2. The third-order valence-corrected chi connectivity index (χ3v) is 3.81. The van der Waals surface area contributed by atoms with Crippen molar-refractivity contribution in [2.75, 3.05) is 11.9 Å². The maximum absolute atomic E-state index is 11.9. The van der Waals surface area contributed by atoms with Crippen LogP contribution in [0.5, 0.6) is 0 Å². The number of rotatable bonds is 6. The van der Waals surface area contributed by atoms with E-state index in [0.29, 0.717) is 12.8 Å². The molecule has 0 aromatic heterocycles. The molecule has 0 aliphatic rings. The van der Waals surface area contributed by atoms with Crippen LogP contribution in [0.3, 0.4) is 0 Å². The van der Waals surface area contributed by atoms with Gasteiger partial charge in [0.25, 0.3) is 0 Å². The van der Waals surface area contributed by atoms with Crippen molar-refractivity contribution >= 4 is 17.5 Å². The minimum absolute atomic E-state index is 0.0129. The number of nitrogens with one attached hydrogen (secondary N) is 2. The number of aryl methyl sites for hydroxylation is 2. The van der Waals surface area contributed by atoms with Gasteiger partial charge in [-0.1, -0.05) is 42.5 Å². The van der Waals surface area contributed by atoms with Crippen LogP contribution in [0.25, 0.3) is 0 Å². The van der Waals surface area contributed by atoms with Crippen molar-refractivity contribution in [3.8, 4) is 0 Å². The zero-order valence-electron chi connectivity index (χ0n) is 13.6. The molecule has 2 N–H and O–H groups in total. The summed E-state index contributed by atoms with van der Waals surface area (Å²) in [5.41, 5.74) is 4.06. The highest BCUT2D eigenvalue weighted by Gasteiger charge is 2.08. The van der Waals surface area contributed by atoms with Gasteiger partial charge in [-0.2, -0.15) is 0 Å². The van der Waals surface area contributed by atoms with Gasteiger partial charge in [0.2, 0.25) is 11.8 Å². The molecule has 0 spiro atoms. The van der Waals surface area contributed by atoms with E-state index in [-0.39, 0.29) is 18.4 Å². The summed E-state index contributed by atoms with van der Waals surface area (Å²) < 4.78 is 0. The van der Waals surface area contributed by atoms with Crippen molar-refractivity contribution in [3.63, 3.8) is 0 Å². The molecule has 0 fully saturated rings. The Kier molecular flexibility index (Phi) is 5.92. The molecule has 0 unspecified atom stereocenters. The van der Waals surface area contributed by atoms with Gasteiger partial charge in [-0.05, 0) is 43.0 Å². The van der Waals surface area contributed by atoms with E-state index in [1.54, 1.807) is 0 Å². The molecule has 0 atom stereocenters. The van der Waals surface area contributed by atoms with Crippen LogP contribution in [0.4, 0.5) is 5.69 Å². The van der Waals surface area contributed by atoms with Gasteiger partial charge in [0.15, 0.2) is 0 Å². The molecule has 23 heavy (non-hydrogen) atoms. The summed E-state index contributed by atoms with van der Waals surface area (Å²) in [4.78, 5) is 23.7. The Hall–Kier alpha value is -2.62. The summed E-state index contributed by atoms with van der Waals surface area (Å²) in [5, 5.41) is 5.48. The van der Waals surface area contributed by atoms with E-state index in [1.165, 1.54) is 0 Å². The van der Waals surface area contributed by atoms with Crippen LogP contribution in [0.2, 0.25) is 0 Å². The van der Waals surface area contributed by atoms with E-state index in [9.17, 15) is 9.59 Å². The highest BCUT2D eigenvalue weighted by Crippen LogP contribution is 2.17. The lowest BCUT2D eigenvalue weighted by atomic mass is 10.1. The maximum Gasteiger partial charge on any atom is 0.243 e. The number of amides is 2. The van der Waals surface area contributed by atoms with Gasteiger partial charge in [-0.25, -0.2) is 0 Å². The van der Waals surface area contributed by atoms with Gasteiger partial charge in [-0.15, -0.1) is 0 Å². The van der Waals surface area contributed by atoms with Crippen LogP contribution in [0, 0.1) is 13.8 Å². The third-order valence-electron chi connectivity index (χ3n) is 3.81. The summed E-state index contributed by atoms with van der Waals surface area (Å²) in [5.74, 6) is -0.336. The minimum Gasteiger partial charge on any atom is -0.347 e. The smallest absolute Gasteiger partial charge is 0.243 e. The Labute approximate surface area is 136 Å². The molecule has 0 saturated carbocycles. The van der Waals surface area contributed by atoms with Crippen LogP contribution in [-0.2, 0) is 16.0 Å². The fraction of sp³-hybridized carbons (Fsp3) is 0.263. The van der Waals surface area contributed by atoms with Crippen molar-refractivity contribution in [3.05, 3.63) is 65.2 Å². The summed E-state index contributed by atoms with van der Waals surface area (Å²) in [6, 6.07) is 15.6.